The van der Waals surface area contributed by atoms with Gasteiger partial charge in [0.25, 0.3) is 20.2 Å². The van der Waals surface area contributed by atoms with Gasteiger partial charge in [-0.05, 0) is 35.0 Å². The van der Waals surface area contributed by atoms with Gasteiger partial charge in [-0.1, -0.05) is 12.1 Å². The van der Waals surface area contributed by atoms with Gasteiger partial charge < -0.3 is 0 Å². The van der Waals surface area contributed by atoms with Gasteiger partial charge in [0.15, 0.2) is 0 Å². The van der Waals surface area contributed by atoms with E-state index in [-0.39, 0.29) is 104 Å². The zero-order valence-corrected chi connectivity index (χ0v) is 19.4. The Morgan fingerprint density at radius 3 is 1.24 bits per heavy atom. The van der Waals surface area contributed by atoms with Crippen molar-refractivity contribution in [3.05, 3.63) is 36.4 Å². The van der Waals surface area contributed by atoms with Crippen molar-refractivity contribution in [3.8, 4) is 0 Å². The average molecular weight is 357 g/mol. The van der Waals surface area contributed by atoms with Crippen molar-refractivity contribution in [2.45, 2.75) is 9.79 Å². The third-order valence-electron chi connectivity index (χ3n) is 2.38. The van der Waals surface area contributed by atoms with E-state index in [9.17, 15) is 16.8 Å². The number of hydrogen-bond donors (Lipinski definition) is 2. The first-order valence-electron chi connectivity index (χ1n) is 4.67. The second-order valence-corrected chi connectivity index (χ2v) is 6.46. The van der Waals surface area contributed by atoms with Gasteiger partial charge in [-0.25, -0.2) is 0 Å². The van der Waals surface area contributed by atoms with E-state index in [1.807, 2.05) is 0 Å². The molecule has 6 nitrogen and oxygen atoms in total. The van der Waals surface area contributed by atoms with Gasteiger partial charge in [0.1, 0.15) is 0 Å². The van der Waals surface area contributed by atoms with Crippen molar-refractivity contribution < 1.29 is 25.9 Å². The van der Waals surface area contributed by atoms with Crippen LogP contribution in [0.25, 0.3) is 10.8 Å². The van der Waals surface area contributed by atoms with E-state index < -0.39 is 20.2 Å². The fraction of sp³-hybridized carbons (Fsp3) is 0. The van der Waals surface area contributed by atoms with Crippen LogP contribution < -0.4 is 0 Å². The topological polar surface area (TPSA) is 109 Å². The molecule has 99 valence electrons. The van der Waals surface area contributed by atoms with Crippen molar-refractivity contribution in [3.63, 3.8) is 0 Å². The predicted molar refractivity (Wildman–Crippen MR) is 80.8 cm³/mol. The molecule has 0 unspecified atom stereocenters. The van der Waals surface area contributed by atoms with Crippen LogP contribution in [0, 0.1) is 0 Å². The summed E-state index contributed by atoms with van der Waals surface area (Å²) in [6.45, 7) is 0. The molecule has 0 aliphatic heterocycles. The first-order chi connectivity index (χ1) is 8.18. The predicted octanol–water partition coefficient (Wildman–Crippen LogP) is 0.191. The van der Waals surface area contributed by atoms with E-state index in [0.29, 0.717) is 5.39 Å². The van der Waals surface area contributed by atoms with Gasteiger partial charge in [0.2, 0.25) is 0 Å². The van der Waals surface area contributed by atoms with Crippen LogP contribution in [-0.4, -0.2) is 115 Å². The van der Waals surface area contributed by atoms with Crippen molar-refractivity contribution in [2.75, 3.05) is 0 Å². The van der Waals surface area contributed by atoms with Gasteiger partial charge in [-0.15, -0.1) is 0 Å². The molecular formula is C10H8Na3O6S2. The molecule has 0 spiro atoms. The maximum atomic E-state index is 10.9. The first kappa shape index (κ1) is 24.8. The van der Waals surface area contributed by atoms with Crippen LogP contribution in [0.5, 0.6) is 0 Å². The zero-order chi connectivity index (χ0) is 13.6. The molecule has 0 aliphatic carbocycles. The number of benzene rings is 2. The summed E-state index contributed by atoms with van der Waals surface area (Å²) in [5.74, 6) is 0. The van der Waals surface area contributed by atoms with Crippen molar-refractivity contribution in [2.24, 2.45) is 0 Å². The third-order valence-corrected chi connectivity index (χ3v) is 4.08. The fourth-order valence-corrected chi connectivity index (χ4v) is 2.56. The summed E-state index contributed by atoms with van der Waals surface area (Å²) in [6, 6.07) is 7.49. The Bertz CT molecular complexity index is 766. The van der Waals surface area contributed by atoms with Crippen LogP contribution in [0.3, 0.4) is 0 Å². The molecule has 0 aromatic heterocycles. The SMILES string of the molecule is O=S(=O)(O)c1ccc2ccc(S(=O)(=O)O)cc2c1.[Na].[Na].[Na]. The molecule has 0 atom stereocenters. The van der Waals surface area contributed by atoms with Gasteiger partial charge in [0, 0.05) is 88.7 Å². The second kappa shape index (κ2) is 9.12. The third kappa shape index (κ3) is 6.50. The van der Waals surface area contributed by atoms with E-state index >= 15 is 0 Å². The molecule has 11 heteroatoms. The molecule has 0 saturated heterocycles. The fourth-order valence-electron chi connectivity index (χ4n) is 1.52. The van der Waals surface area contributed by atoms with Gasteiger partial charge in [-0.2, -0.15) is 16.8 Å². The van der Waals surface area contributed by atoms with Crippen molar-refractivity contribution in [1.82, 2.24) is 0 Å². The Morgan fingerprint density at radius 2 is 0.952 bits per heavy atom. The summed E-state index contributed by atoms with van der Waals surface area (Å²) in [4.78, 5) is -0.690. The molecule has 0 amide bonds. The van der Waals surface area contributed by atoms with E-state index in [1.54, 1.807) is 0 Å². The molecule has 0 bridgehead atoms. The minimum absolute atomic E-state index is 0. The van der Waals surface area contributed by atoms with Crippen LogP contribution in [0.4, 0.5) is 0 Å². The van der Waals surface area contributed by atoms with Crippen LogP contribution in [-0.2, 0) is 20.2 Å². The number of hydrogen-bond acceptors (Lipinski definition) is 4. The Hall–Kier alpha value is 1.52. The summed E-state index contributed by atoms with van der Waals surface area (Å²) >= 11 is 0. The molecule has 2 N–H and O–H groups in total. The Kier molecular flexibility index (Phi) is 10.8. The van der Waals surface area contributed by atoms with E-state index in [4.69, 9.17) is 9.11 Å². The average Bonchev–Trinajstić information content (AvgIpc) is 2.25. The minimum Gasteiger partial charge on any atom is -0.282 e. The number of rotatable bonds is 2. The quantitative estimate of drug-likeness (QED) is 0.587. The van der Waals surface area contributed by atoms with Crippen LogP contribution in [0.15, 0.2) is 46.2 Å². The molecule has 0 aliphatic rings. The van der Waals surface area contributed by atoms with Gasteiger partial charge in [-0.3, -0.25) is 9.11 Å². The van der Waals surface area contributed by atoms with Crippen molar-refractivity contribution in [1.29, 1.82) is 0 Å². The minimum atomic E-state index is -4.35. The normalized spacial score (nSPS) is 11.0. The molecule has 0 saturated carbocycles. The molecule has 2 aromatic rings. The largest absolute Gasteiger partial charge is 0.294 e. The van der Waals surface area contributed by atoms with Crippen molar-refractivity contribution >= 4 is 120 Å². The van der Waals surface area contributed by atoms with Crippen LogP contribution in [0.1, 0.15) is 0 Å². The second-order valence-electron chi connectivity index (χ2n) is 3.62. The van der Waals surface area contributed by atoms with E-state index in [1.165, 1.54) is 24.3 Å². The molecule has 0 heterocycles. The summed E-state index contributed by atoms with van der Waals surface area (Å²) in [5.41, 5.74) is 0. The first-order valence-corrected chi connectivity index (χ1v) is 7.55. The monoisotopic (exact) mass is 357 g/mol. The number of fused-ring (bicyclic) bond motifs is 1. The maximum Gasteiger partial charge on any atom is 0.294 e. The molecule has 3 radical (unpaired) electrons. The summed E-state index contributed by atoms with van der Waals surface area (Å²) in [7, 11) is -8.71. The van der Waals surface area contributed by atoms with E-state index in [2.05, 4.69) is 0 Å². The maximum absolute atomic E-state index is 10.9. The van der Waals surface area contributed by atoms with Crippen LogP contribution in [0.2, 0.25) is 0 Å². The standard InChI is InChI=1S/C10H8O6S2.3Na/c11-17(12,13)9-3-1-7-2-4-10(18(14,15)16)6-8(7)5-9;;;/h1-6H,(H,11,12,13)(H,14,15,16);;;. The molecule has 0 fully saturated rings. The van der Waals surface area contributed by atoms with E-state index in [0.717, 1.165) is 12.1 Å². The summed E-state index contributed by atoms with van der Waals surface area (Å²) in [5, 5.41) is 0.857. The molecule has 21 heavy (non-hydrogen) atoms. The zero-order valence-electron chi connectivity index (χ0n) is 11.8. The molecule has 2 aromatic carbocycles. The summed E-state index contributed by atoms with van der Waals surface area (Å²) < 4.78 is 61.5. The Balaban J connectivity index is 0. The molecule has 2 rings (SSSR count). The van der Waals surface area contributed by atoms with Gasteiger partial charge >= 0.3 is 0 Å². The summed E-state index contributed by atoms with van der Waals surface area (Å²) in [6.07, 6.45) is 0. The van der Waals surface area contributed by atoms with Crippen LogP contribution >= 0.6 is 0 Å². The van der Waals surface area contributed by atoms with Gasteiger partial charge in [0.05, 0.1) is 9.79 Å². The Morgan fingerprint density at radius 1 is 0.619 bits per heavy atom. The smallest absolute Gasteiger partial charge is 0.282 e. The Labute approximate surface area is 189 Å². The molecular weight excluding hydrogens is 349 g/mol.